The highest BCUT2D eigenvalue weighted by Gasteiger charge is 2.53. The van der Waals surface area contributed by atoms with Gasteiger partial charge in [-0.05, 0) is 38.0 Å². The quantitative estimate of drug-likeness (QED) is 0.566. The molecule has 0 aromatic heterocycles. The van der Waals surface area contributed by atoms with Crippen molar-refractivity contribution >= 4 is 11.8 Å². The number of allylic oxidation sites excluding steroid dienone is 3. The number of hydrogen-bond acceptors (Lipinski definition) is 3. The Morgan fingerprint density at radius 3 is 2.63 bits per heavy atom. The van der Waals surface area contributed by atoms with E-state index in [0.717, 1.165) is 24.8 Å². The van der Waals surface area contributed by atoms with Crippen LogP contribution in [0.3, 0.4) is 0 Å². The normalized spacial score (nSPS) is 34.3. The Morgan fingerprint density at radius 2 is 2.11 bits per heavy atom. The molecule has 2 rings (SSSR count). The maximum absolute atomic E-state index is 12.6. The molecule has 3 heteroatoms. The van der Waals surface area contributed by atoms with Crippen LogP contribution in [0.15, 0.2) is 24.0 Å². The number of carbonyl (C=O) groups excluding carboxylic acids is 2. The van der Waals surface area contributed by atoms with E-state index in [0.29, 0.717) is 18.1 Å². The molecule has 19 heavy (non-hydrogen) atoms. The molecule has 0 unspecified atom stereocenters. The Labute approximate surface area is 114 Å². The van der Waals surface area contributed by atoms with E-state index >= 15 is 0 Å². The fourth-order valence-corrected chi connectivity index (χ4v) is 3.87. The summed E-state index contributed by atoms with van der Waals surface area (Å²) in [6, 6.07) is 0. The third kappa shape index (κ3) is 2.26. The van der Waals surface area contributed by atoms with E-state index < -0.39 is 0 Å². The Kier molecular flexibility index (Phi) is 3.66. The van der Waals surface area contributed by atoms with Crippen LogP contribution in [-0.4, -0.2) is 11.8 Å². The smallest absolute Gasteiger partial charge is 0.307 e. The first-order valence-electron chi connectivity index (χ1n) is 6.96. The Morgan fingerprint density at radius 1 is 1.42 bits per heavy atom. The molecule has 3 nitrogen and oxygen atoms in total. The van der Waals surface area contributed by atoms with Gasteiger partial charge < -0.3 is 4.74 Å². The van der Waals surface area contributed by atoms with Gasteiger partial charge in [-0.2, -0.15) is 0 Å². The zero-order chi connectivity index (χ0) is 14.2. The fraction of sp³-hybridized carbons (Fsp3) is 0.625. The van der Waals surface area contributed by atoms with Gasteiger partial charge in [0.25, 0.3) is 0 Å². The van der Waals surface area contributed by atoms with Crippen molar-refractivity contribution in [3.05, 3.63) is 24.0 Å². The van der Waals surface area contributed by atoms with Crippen LogP contribution >= 0.6 is 0 Å². The summed E-state index contributed by atoms with van der Waals surface area (Å²) in [5.41, 5.74) is 0.789. The monoisotopic (exact) mass is 262 g/mol. The van der Waals surface area contributed by atoms with E-state index in [1.807, 2.05) is 6.92 Å². The zero-order valence-corrected chi connectivity index (χ0v) is 12.0. The predicted octanol–water partition coefficient (Wildman–Crippen LogP) is 3.40. The topological polar surface area (TPSA) is 43.4 Å². The van der Waals surface area contributed by atoms with E-state index in [2.05, 4.69) is 13.5 Å². The van der Waals surface area contributed by atoms with Gasteiger partial charge in [0.15, 0.2) is 5.78 Å². The largest absolute Gasteiger partial charge is 0.431 e. The molecule has 0 amide bonds. The number of rotatable bonds is 2. The van der Waals surface area contributed by atoms with Crippen LogP contribution < -0.4 is 0 Å². The first-order valence-corrected chi connectivity index (χ1v) is 6.96. The van der Waals surface area contributed by atoms with E-state index in [4.69, 9.17) is 4.74 Å². The van der Waals surface area contributed by atoms with Crippen molar-refractivity contribution in [2.75, 3.05) is 0 Å². The van der Waals surface area contributed by atoms with Crippen molar-refractivity contribution in [2.24, 2.45) is 17.3 Å². The molecule has 2 aliphatic carbocycles. The van der Waals surface area contributed by atoms with Gasteiger partial charge in [0.1, 0.15) is 5.76 Å². The molecule has 1 fully saturated rings. The van der Waals surface area contributed by atoms with Crippen molar-refractivity contribution in [2.45, 2.75) is 46.5 Å². The molecule has 3 atom stereocenters. The molecule has 0 aromatic rings. The Hall–Kier alpha value is -1.38. The van der Waals surface area contributed by atoms with Crippen molar-refractivity contribution in [1.29, 1.82) is 0 Å². The molecule has 0 heterocycles. The first-order chi connectivity index (χ1) is 8.87. The average molecular weight is 262 g/mol. The van der Waals surface area contributed by atoms with Gasteiger partial charge in [-0.1, -0.05) is 19.1 Å². The highest BCUT2D eigenvalue weighted by Crippen LogP contribution is 2.56. The minimum atomic E-state index is -0.356. The fourth-order valence-electron chi connectivity index (χ4n) is 3.87. The highest BCUT2D eigenvalue weighted by atomic mass is 16.5. The third-order valence-electron chi connectivity index (χ3n) is 4.80. The summed E-state index contributed by atoms with van der Waals surface area (Å²) in [5, 5.41) is 0. The zero-order valence-electron chi connectivity index (χ0n) is 12.0. The van der Waals surface area contributed by atoms with Gasteiger partial charge in [0.2, 0.25) is 0 Å². The lowest BCUT2D eigenvalue weighted by Crippen LogP contribution is -2.41. The molecule has 0 aliphatic heterocycles. The SMILES string of the molecule is C=C(C)[C@@H]1CC[C@@H](C)[C@@]12CCC(OC(C)=O)=CC2=O. The van der Waals surface area contributed by atoms with Gasteiger partial charge in [-0.3, -0.25) is 9.59 Å². The average Bonchev–Trinajstić information content (AvgIpc) is 2.62. The minimum absolute atomic E-state index is 0.119. The van der Waals surface area contributed by atoms with E-state index in [9.17, 15) is 9.59 Å². The first kappa shape index (κ1) is 14.0. The van der Waals surface area contributed by atoms with Gasteiger partial charge in [0, 0.05) is 24.8 Å². The summed E-state index contributed by atoms with van der Waals surface area (Å²) in [5.74, 6) is 0.920. The van der Waals surface area contributed by atoms with Gasteiger partial charge in [-0.25, -0.2) is 0 Å². The lowest BCUT2D eigenvalue weighted by atomic mass is 9.63. The van der Waals surface area contributed by atoms with Crippen LogP contribution in [0.4, 0.5) is 0 Å². The van der Waals surface area contributed by atoms with E-state index in [1.165, 1.54) is 6.92 Å². The van der Waals surface area contributed by atoms with Gasteiger partial charge >= 0.3 is 5.97 Å². The number of hydrogen-bond donors (Lipinski definition) is 0. The van der Waals surface area contributed by atoms with E-state index in [-0.39, 0.29) is 23.1 Å². The molecule has 0 N–H and O–H groups in total. The summed E-state index contributed by atoms with van der Waals surface area (Å²) in [6.45, 7) is 9.61. The van der Waals surface area contributed by atoms with Crippen LogP contribution in [0.2, 0.25) is 0 Å². The molecule has 0 aromatic carbocycles. The Bertz CT molecular complexity index is 461. The van der Waals surface area contributed by atoms with Crippen LogP contribution in [0.1, 0.15) is 46.5 Å². The predicted molar refractivity (Wildman–Crippen MR) is 73.2 cm³/mol. The summed E-state index contributed by atoms with van der Waals surface area (Å²) in [7, 11) is 0. The second-order valence-electron chi connectivity index (χ2n) is 5.99. The molecular formula is C16H22O3. The summed E-state index contributed by atoms with van der Waals surface area (Å²) in [4.78, 5) is 23.6. The summed E-state index contributed by atoms with van der Waals surface area (Å²) >= 11 is 0. The molecule has 104 valence electrons. The molecule has 2 aliphatic rings. The number of ketones is 1. The molecule has 0 bridgehead atoms. The molecule has 0 saturated heterocycles. The number of esters is 1. The minimum Gasteiger partial charge on any atom is -0.431 e. The maximum atomic E-state index is 12.6. The van der Waals surface area contributed by atoms with E-state index in [1.54, 1.807) is 6.08 Å². The molecule has 1 spiro atoms. The molecule has 0 radical (unpaired) electrons. The van der Waals surface area contributed by atoms with Gasteiger partial charge in [0.05, 0.1) is 0 Å². The van der Waals surface area contributed by atoms with Crippen LogP contribution in [0.5, 0.6) is 0 Å². The lowest BCUT2D eigenvalue weighted by Gasteiger charge is -2.40. The number of ether oxygens (including phenoxy) is 1. The highest BCUT2D eigenvalue weighted by molar-refractivity contribution is 5.97. The van der Waals surface area contributed by atoms with Crippen LogP contribution in [-0.2, 0) is 14.3 Å². The van der Waals surface area contributed by atoms with Crippen LogP contribution in [0.25, 0.3) is 0 Å². The van der Waals surface area contributed by atoms with Crippen molar-refractivity contribution in [3.63, 3.8) is 0 Å². The number of carbonyl (C=O) groups is 2. The molecule has 1 saturated carbocycles. The van der Waals surface area contributed by atoms with Gasteiger partial charge in [-0.15, -0.1) is 0 Å². The second kappa shape index (κ2) is 4.95. The standard InChI is InChI=1S/C16H22O3/c1-10(2)14-6-5-11(3)16(14)8-7-13(9-15(16)18)19-12(4)17/h9,11,14H,1,5-8H2,2-4H3/t11-,14+,16+/m1/s1. The Balaban J connectivity index is 2.31. The maximum Gasteiger partial charge on any atom is 0.307 e. The van der Waals surface area contributed by atoms with Crippen molar-refractivity contribution in [3.8, 4) is 0 Å². The molecular weight excluding hydrogens is 240 g/mol. The third-order valence-corrected chi connectivity index (χ3v) is 4.80. The van der Waals surface area contributed by atoms with Crippen molar-refractivity contribution < 1.29 is 14.3 Å². The van der Waals surface area contributed by atoms with Crippen LogP contribution in [0, 0.1) is 17.3 Å². The van der Waals surface area contributed by atoms with Crippen molar-refractivity contribution in [1.82, 2.24) is 0 Å². The summed E-state index contributed by atoms with van der Waals surface area (Å²) < 4.78 is 5.07. The second-order valence-corrected chi connectivity index (χ2v) is 5.99. The summed E-state index contributed by atoms with van der Waals surface area (Å²) in [6.07, 6.45) is 5.09. The lowest BCUT2D eigenvalue weighted by molar-refractivity contribution is -0.138.